The van der Waals surface area contributed by atoms with Crippen LogP contribution in [0.5, 0.6) is 0 Å². The van der Waals surface area contributed by atoms with E-state index in [4.69, 9.17) is 0 Å². The molecule has 0 saturated heterocycles. The first kappa shape index (κ1) is 15.7. The highest BCUT2D eigenvalue weighted by Crippen LogP contribution is 2.23. The van der Waals surface area contributed by atoms with E-state index in [1.54, 1.807) is 17.4 Å². The lowest BCUT2D eigenvalue weighted by Gasteiger charge is -2.04. The lowest BCUT2D eigenvalue weighted by atomic mass is 10.1. The maximum absolute atomic E-state index is 13.5. The molecule has 0 unspecified atom stereocenters. The van der Waals surface area contributed by atoms with E-state index >= 15 is 0 Å². The van der Waals surface area contributed by atoms with Crippen LogP contribution in [0.25, 0.3) is 10.9 Å². The minimum atomic E-state index is -0.288. The molecule has 0 aliphatic carbocycles. The molecule has 0 atom stereocenters. The number of amides is 1. The summed E-state index contributed by atoms with van der Waals surface area (Å²) >= 11 is 1.72. The van der Waals surface area contributed by atoms with Crippen LogP contribution in [-0.2, 0) is 24.2 Å². The van der Waals surface area contributed by atoms with Crippen molar-refractivity contribution >= 4 is 28.1 Å². The summed E-state index contributed by atoms with van der Waals surface area (Å²) < 4.78 is 13.5. The second kappa shape index (κ2) is 6.54. The van der Waals surface area contributed by atoms with E-state index in [2.05, 4.69) is 29.4 Å². The van der Waals surface area contributed by atoms with Gasteiger partial charge in [0.1, 0.15) is 5.82 Å². The molecule has 2 aromatic heterocycles. The largest absolute Gasteiger partial charge is 0.358 e. The van der Waals surface area contributed by atoms with Crippen molar-refractivity contribution in [2.45, 2.75) is 33.2 Å². The van der Waals surface area contributed by atoms with Crippen LogP contribution in [0.2, 0.25) is 0 Å². The Hall–Kier alpha value is -2.14. The molecule has 1 aromatic carbocycles. The fourth-order valence-electron chi connectivity index (χ4n) is 2.70. The third-order valence-corrected chi connectivity index (χ3v) is 5.17. The highest BCUT2D eigenvalue weighted by atomic mass is 32.1. The summed E-state index contributed by atoms with van der Waals surface area (Å²) in [7, 11) is 0. The molecule has 0 saturated carbocycles. The molecule has 2 N–H and O–H groups in total. The zero-order valence-corrected chi connectivity index (χ0v) is 14.0. The van der Waals surface area contributed by atoms with Crippen molar-refractivity contribution in [2.24, 2.45) is 0 Å². The van der Waals surface area contributed by atoms with Crippen molar-refractivity contribution in [3.05, 3.63) is 57.2 Å². The number of rotatable bonds is 5. The number of H-pyrrole nitrogens is 1. The van der Waals surface area contributed by atoms with Crippen molar-refractivity contribution in [3.63, 3.8) is 0 Å². The second-order valence-electron chi connectivity index (χ2n) is 5.59. The SMILES string of the molecule is CCc1ccc(CNC(=O)Cc2c(C)[nH]c3ccc(F)cc23)s1. The van der Waals surface area contributed by atoms with E-state index in [0.29, 0.717) is 6.54 Å². The number of aromatic amines is 1. The van der Waals surface area contributed by atoms with E-state index in [-0.39, 0.29) is 18.1 Å². The van der Waals surface area contributed by atoms with Crippen molar-refractivity contribution < 1.29 is 9.18 Å². The molecule has 120 valence electrons. The molecule has 23 heavy (non-hydrogen) atoms. The van der Waals surface area contributed by atoms with Gasteiger partial charge in [-0.1, -0.05) is 6.92 Å². The van der Waals surface area contributed by atoms with Gasteiger partial charge in [-0.3, -0.25) is 4.79 Å². The van der Waals surface area contributed by atoms with Crippen LogP contribution in [-0.4, -0.2) is 10.9 Å². The number of halogens is 1. The second-order valence-corrected chi connectivity index (χ2v) is 6.85. The Kier molecular flexibility index (Phi) is 4.48. The molecule has 0 aliphatic rings. The highest BCUT2D eigenvalue weighted by Gasteiger charge is 2.13. The molecule has 2 heterocycles. The van der Waals surface area contributed by atoms with Gasteiger partial charge in [0.2, 0.25) is 5.91 Å². The molecule has 0 spiro atoms. The number of benzene rings is 1. The third-order valence-electron chi connectivity index (χ3n) is 3.94. The zero-order valence-electron chi connectivity index (χ0n) is 13.2. The predicted molar refractivity (Wildman–Crippen MR) is 92.2 cm³/mol. The minimum Gasteiger partial charge on any atom is -0.358 e. The van der Waals surface area contributed by atoms with E-state index in [0.717, 1.165) is 33.5 Å². The van der Waals surface area contributed by atoms with E-state index in [9.17, 15) is 9.18 Å². The summed E-state index contributed by atoms with van der Waals surface area (Å²) in [5.74, 6) is -0.339. The Balaban J connectivity index is 1.70. The average Bonchev–Trinajstić information content (AvgIpc) is 3.11. The van der Waals surface area contributed by atoms with Crippen LogP contribution in [0.1, 0.15) is 27.9 Å². The molecule has 3 nitrogen and oxygen atoms in total. The smallest absolute Gasteiger partial charge is 0.224 e. The Morgan fingerprint density at radius 3 is 2.78 bits per heavy atom. The molecular weight excluding hydrogens is 311 g/mol. The van der Waals surface area contributed by atoms with Gasteiger partial charge in [0.15, 0.2) is 0 Å². The van der Waals surface area contributed by atoms with Gasteiger partial charge in [-0.15, -0.1) is 11.3 Å². The Morgan fingerprint density at radius 2 is 2.04 bits per heavy atom. The number of fused-ring (bicyclic) bond motifs is 1. The molecule has 1 amide bonds. The van der Waals surface area contributed by atoms with E-state index in [1.807, 2.05) is 6.92 Å². The lowest BCUT2D eigenvalue weighted by Crippen LogP contribution is -2.24. The summed E-state index contributed by atoms with van der Waals surface area (Å²) in [5, 5.41) is 3.72. The average molecular weight is 330 g/mol. The van der Waals surface area contributed by atoms with Crippen LogP contribution in [0.4, 0.5) is 4.39 Å². The fourth-order valence-corrected chi connectivity index (χ4v) is 3.60. The van der Waals surface area contributed by atoms with Gasteiger partial charge in [0.25, 0.3) is 0 Å². The number of carbonyl (C=O) groups excluding carboxylic acids is 1. The first-order chi connectivity index (χ1) is 11.1. The third kappa shape index (κ3) is 3.45. The Bertz CT molecular complexity index is 850. The van der Waals surface area contributed by atoms with Gasteiger partial charge in [-0.05, 0) is 49.2 Å². The van der Waals surface area contributed by atoms with E-state index < -0.39 is 0 Å². The standard InChI is InChI=1S/C18H19FN2OS/c1-3-13-5-6-14(23-13)10-20-18(22)9-15-11(2)21-17-7-4-12(19)8-16(15)17/h4-8,21H,3,9-10H2,1-2H3,(H,20,22). The van der Waals surface area contributed by atoms with Crippen LogP contribution < -0.4 is 5.32 Å². The van der Waals surface area contributed by atoms with Gasteiger partial charge in [0, 0.05) is 26.4 Å². The van der Waals surface area contributed by atoms with E-state index in [1.165, 1.54) is 17.0 Å². The van der Waals surface area contributed by atoms with Crippen molar-refractivity contribution in [2.75, 3.05) is 0 Å². The van der Waals surface area contributed by atoms with Crippen molar-refractivity contribution in [1.29, 1.82) is 0 Å². The number of carbonyl (C=O) groups is 1. The minimum absolute atomic E-state index is 0.0512. The van der Waals surface area contributed by atoms with Crippen LogP contribution in [0.15, 0.2) is 30.3 Å². The van der Waals surface area contributed by atoms with Gasteiger partial charge in [0.05, 0.1) is 13.0 Å². The monoisotopic (exact) mass is 330 g/mol. The summed E-state index contributed by atoms with van der Waals surface area (Å²) in [6, 6.07) is 8.75. The number of aromatic nitrogens is 1. The van der Waals surface area contributed by atoms with Crippen LogP contribution in [0.3, 0.4) is 0 Å². The Morgan fingerprint density at radius 1 is 1.26 bits per heavy atom. The molecule has 0 aliphatic heterocycles. The topological polar surface area (TPSA) is 44.9 Å². The van der Waals surface area contributed by atoms with Gasteiger partial charge >= 0.3 is 0 Å². The molecule has 3 aromatic rings. The Labute approximate surface area is 138 Å². The summed E-state index contributed by atoms with van der Waals surface area (Å²) in [6.45, 7) is 4.57. The molecule has 0 bridgehead atoms. The zero-order chi connectivity index (χ0) is 16.4. The molecular formula is C18H19FN2OS. The molecule has 0 radical (unpaired) electrons. The highest BCUT2D eigenvalue weighted by molar-refractivity contribution is 7.11. The maximum atomic E-state index is 13.5. The lowest BCUT2D eigenvalue weighted by molar-refractivity contribution is -0.120. The summed E-state index contributed by atoms with van der Waals surface area (Å²) in [5.41, 5.74) is 2.63. The maximum Gasteiger partial charge on any atom is 0.224 e. The molecule has 3 rings (SSSR count). The summed E-state index contributed by atoms with van der Waals surface area (Å²) in [6.07, 6.45) is 1.26. The summed E-state index contributed by atoms with van der Waals surface area (Å²) in [4.78, 5) is 17.9. The fraction of sp³-hybridized carbons (Fsp3) is 0.278. The first-order valence-electron chi connectivity index (χ1n) is 7.67. The number of aryl methyl sites for hydroxylation is 2. The van der Waals surface area contributed by atoms with Crippen LogP contribution in [0, 0.1) is 12.7 Å². The number of hydrogen-bond acceptors (Lipinski definition) is 2. The number of nitrogens with one attached hydrogen (secondary N) is 2. The predicted octanol–water partition coefficient (Wildman–Crippen LogP) is 4.10. The van der Waals surface area contributed by atoms with Crippen LogP contribution >= 0.6 is 11.3 Å². The van der Waals surface area contributed by atoms with Gasteiger partial charge < -0.3 is 10.3 Å². The van der Waals surface area contributed by atoms with Gasteiger partial charge in [-0.2, -0.15) is 0 Å². The number of thiophene rings is 1. The van der Waals surface area contributed by atoms with Crippen molar-refractivity contribution in [3.8, 4) is 0 Å². The number of hydrogen-bond donors (Lipinski definition) is 2. The quantitative estimate of drug-likeness (QED) is 0.727. The molecule has 5 heteroatoms. The normalized spacial score (nSPS) is 11.1. The molecule has 0 fully saturated rings. The van der Waals surface area contributed by atoms with Crippen molar-refractivity contribution in [1.82, 2.24) is 10.3 Å². The first-order valence-corrected chi connectivity index (χ1v) is 8.49. The van der Waals surface area contributed by atoms with Gasteiger partial charge in [-0.25, -0.2) is 4.39 Å².